The summed E-state index contributed by atoms with van der Waals surface area (Å²) in [6.45, 7) is 6.78. The normalized spacial score (nSPS) is 14.1. The van der Waals surface area contributed by atoms with Crippen molar-refractivity contribution in [1.82, 2.24) is 5.32 Å². The highest BCUT2D eigenvalue weighted by Gasteiger charge is 2.18. The number of hydrogen-bond donors (Lipinski definition) is 2. The third-order valence-electron chi connectivity index (χ3n) is 3.31. The molecule has 1 aromatic rings. The number of nitrogens with one attached hydrogen (secondary N) is 1. The highest BCUT2D eigenvalue weighted by atomic mass is 16.5. The van der Waals surface area contributed by atoms with E-state index in [0.717, 1.165) is 5.56 Å². The number of benzene rings is 1. The average Bonchev–Trinajstić information content (AvgIpc) is 2.45. The molecule has 0 aromatic heterocycles. The number of aliphatic hydroxyl groups is 1. The van der Waals surface area contributed by atoms with Crippen molar-refractivity contribution >= 4 is 5.97 Å². The van der Waals surface area contributed by atoms with Crippen LogP contribution in [0.1, 0.15) is 26.3 Å². The molecule has 0 heterocycles. The molecule has 4 nitrogen and oxygen atoms in total. The van der Waals surface area contributed by atoms with Gasteiger partial charge in [0.15, 0.2) is 0 Å². The van der Waals surface area contributed by atoms with Gasteiger partial charge >= 0.3 is 5.97 Å². The highest BCUT2D eigenvalue weighted by molar-refractivity contribution is 5.72. The van der Waals surface area contributed by atoms with Gasteiger partial charge in [0.2, 0.25) is 0 Å². The summed E-state index contributed by atoms with van der Waals surface area (Å²) in [7, 11) is 0. The summed E-state index contributed by atoms with van der Waals surface area (Å²) in [5.41, 5.74) is 0.983. The molecule has 0 aliphatic rings. The van der Waals surface area contributed by atoms with Crippen molar-refractivity contribution in [1.29, 1.82) is 0 Å². The lowest BCUT2D eigenvalue weighted by molar-refractivity contribution is -0.149. The van der Waals surface area contributed by atoms with Crippen molar-refractivity contribution in [2.45, 2.75) is 33.4 Å². The van der Waals surface area contributed by atoms with Crippen LogP contribution in [-0.4, -0.2) is 30.3 Å². The third-order valence-corrected chi connectivity index (χ3v) is 3.31. The number of aliphatic hydroxyl groups excluding tert-OH is 1. The summed E-state index contributed by atoms with van der Waals surface area (Å²) in [6.07, 6.45) is 0. The van der Waals surface area contributed by atoms with Gasteiger partial charge < -0.3 is 15.2 Å². The Labute approximate surface area is 121 Å². The van der Waals surface area contributed by atoms with Gasteiger partial charge in [0, 0.05) is 12.6 Å². The van der Waals surface area contributed by atoms with Gasteiger partial charge in [0.25, 0.3) is 0 Å². The first kappa shape index (κ1) is 16.7. The van der Waals surface area contributed by atoms with Crippen molar-refractivity contribution in [3.8, 4) is 0 Å². The Balaban J connectivity index is 2.32. The summed E-state index contributed by atoms with van der Waals surface area (Å²) in [5, 5.41) is 12.4. The Kier molecular flexibility index (Phi) is 7.26. The minimum absolute atomic E-state index is 0.0133. The second-order valence-electron chi connectivity index (χ2n) is 5.44. The Morgan fingerprint density at radius 1 is 1.25 bits per heavy atom. The standard InChI is InChI=1S/C16H25NO3/c1-12(2)15(10-18)17-9-13(3)16(19)20-11-14-7-5-4-6-8-14/h4-8,12-13,15,17-18H,9-11H2,1-3H3. The first-order valence-electron chi connectivity index (χ1n) is 7.09. The maximum atomic E-state index is 11.9. The maximum Gasteiger partial charge on any atom is 0.310 e. The lowest BCUT2D eigenvalue weighted by Crippen LogP contribution is -2.41. The molecular weight excluding hydrogens is 254 g/mol. The van der Waals surface area contributed by atoms with Gasteiger partial charge in [-0.2, -0.15) is 0 Å². The van der Waals surface area contributed by atoms with Gasteiger partial charge in [-0.05, 0) is 11.5 Å². The van der Waals surface area contributed by atoms with Crippen LogP contribution in [0.15, 0.2) is 30.3 Å². The molecule has 0 aliphatic heterocycles. The van der Waals surface area contributed by atoms with E-state index < -0.39 is 0 Å². The van der Waals surface area contributed by atoms with E-state index in [-0.39, 0.29) is 24.5 Å². The molecule has 0 aliphatic carbocycles. The smallest absolute Gasteiger partial charge is 0.310 e. The molecule has 0 amide bonds. The first-order valence-corrected chi connectivity index (χ1v) is 7.09. The van der Waals surface area contributed by atoms with Crippen molar-refractivity contribution in [2.24, 2.45) is 11.8 Å². The number of carbonyl (C=O) groups excluding carboxylic acids is 1. The van der Waals surface area contributed by atoms with Crippen molar-refractivity contribution in [3.63, 3.8) is 0 Å². The van der Waals surface area contributed by atoms with Gasteiger partial charge in [0.1, 0.15) is 6.61 Å². The Morgan fingerprint density at radius 3 is 2.45 bits per heavy atom. The SMILES string of the molecule is CC(CNC(CO)C(C)C)C(=O)OCc1ccccc1. The number of hydrogen-bond acceptors (Lipinski definition) is 4. The molecule has 2 atom stereocenters. The first-order chi connectivity index (χ1) is 9.54. The topological polar surface area (TPSA) is 58.6 Å². The number of esters is 1. The molecule has 0 saturated carbocycles. The van der Waals surface area contributed by atoms with Crippen LogP contribution in [0, 0.1) is 11.8 Å². The molecule has 1 aromatic carbocycles. The molecule has 2 N–H and O–H groups in total. The van der Waals surface area contributed by atoms with E-state index in [2.05, 4.69) is 5.32 Å². The van der Waals surface area contributed by atoms with Crippen LogP contribution in [-0.2, 0) is 16.1 Å². The lowest BCUT2D eigenvalue weighted by atomic mass is 10.0. The van der Waals surface area contributed by atoms with E-state index in [4.69, 9.17) is 4.74 Å². The predicted molar refractivity (Wildman–Crippen MR) is 79.1 cm³/mol. The second kappa shape index (κ2) is 8.72. The van der Waals surface area contributed by atoms with Crippen LogP contribution < -0.4 is 5.32 Å². The van der Waals surface area contributed by atoms with Crippen molar-refractivity contribution in [3.05, 3.63) is 35.9 Å². The number of rotatable bonds is 8. The minimum atomic E-state index is -0.230. The van der Waals surface area contributed by atoms with Gasteiger partial charge in [-0.1, -0.05) is 51.1 Å². The molecule has 2 unspecified atom stereocenters. The molecule has 20 heavy (non-hydrogen) atoms. The van der Waals surface area contributed by atoms with Gasteiger partial charge in [-0.25, -0.2) is 0 Å². The fraction of sp³-hybridized carbons (Fsp3) is 0.562. The van der Waals surface area contributed by atoms with E-state index >= 15 is 0 Å². The quantitative estimate of drug-likeness (QED) is 0.714. The molecule has 4 heteroatoms. The van der Waals surface area contributed by atoms with Gasteiger partial charge in [-0.3, -0.25) is 4.79 Å². The average molecular weight is 279 g/mol. The summed E-state index contributed by atoms with van der Waals surface area (Å²) in [4.78, 5) is 11.9. The molecule has 0 radical (unpaired) electrons. The highest BCUT2D eigenvalue weighted by Crippen LogP contribution is 2.06. The van der Waals surface area contributed by atoms with Gasteiger partial charge in [-0.15, -0.1) is 0 Å². The molecule has 1 rings (SSSR count). The van der Waals surface area contributed by atoms with Crippen molar-refractivity contribution < 1.29 is 14.6 Å². The zero-order valence-electron chi connectivity index (χ0n) is 12.5. The van der Waals surface area contributed by atoms with E-state index in [1.54, 1.807) is 0 Å². The van der Waals surface area contributed by atoms with E-state index in [0.29, 0.717) is 19.1 Å². The molecule has 112 valence electrons. The van der Waals surface area contributed by atoms with Crippen LogP contribution in [0.5, 0.6) is 0 Å². The number of ether oxygens (including phenoxy) is 1. The zero-order chi connectivity index (χ0) is 15.0. The molecule has 0 fully saturated rings. The van der Waals surface area contributed by atoms with E-state index in [9.17, 15) is 9.90 Å². The molecule has 0 bridgehead atoms. The monoisotopic (exact) mass is 279 g/mol. The summed E-state index contributed by atoms with van der Waals surface area (Å²) in [5.74, 6) is -0.124. The van der Waals surface area contributed by atoms with E-state index in [1.165, 1.54) is 0 Å². The van der Waals surface area contributed by atoms with Crippen molar-refractivity contribution in [2.75, 3.05) is 13.2 Å². The molecular formula is C16H25NO3. The Bertz CT molecular complexity index is 392. The summed E-state index contributed by atoms with van der Waals surface area (Å²) in [6, 6.07) is 9.64. The van der Waals surface area contributed by atoms with Gasteiger partial charge in [0.05, 0.1) is 12.5 Å². The predicted octanol–water partition coefficient (Wildman–Crippen LogP) is 1.97. The summed E-state index contributed by atoms with van der Waals surface area (Å²) < 4.78 is 5.27. The van der Waals surface area contributed by atoms with Crippen LogP contribution >= 0.6 is 0 Å². The Hall–Kier alpha value is -1.39. The third kappa shape index (κ3) is 5.72. The zero-order valence-corrected chi connectivity index (χ0v) is 12.5. The fourth-order valence-corrected chi connectivity index (χ4v) is 1.79. The van der Waals surface area contributed by atoms with Crippen LogP contribution in [0.25, 0.3) is 0 Å². The lowest BCUT2D eigenvalue weighted by Gasteiger charge is -2.21. The second-order valence-corrected chi connectivity index (χ2v) is 5.44. The summed E-state index contributed by atoms with van der Waals surface area (Å²) >= 11 is 0. The van der Waals surface area contributed by atoms with Crippen LogP contribution in [0.3, 0.4) is 0 Å². The largest absolute Gasteiger partial charge is 0.461 e. The van der Waals surface area contributed by atoms with Crippen LogP contribution in [0.2, 0.25) is 0 Å². The molecule has 0 spiro atoms. The number of carbonyl (C=O) groups is 1. The fourth-order valence-electron chi connectivity index (χ4n) is 1.79. The Morgan fingerprint density at radius 2 is 1.90 bits per heavy atom. The van der Waals surface area contributed by atoms with Crippen LogP contribution in [0.4, 0.5) is 0 Å². The molecule has 0 saturated heterocycles. The minimum Gasteiger partial charge on any atom is -0.461 e. The maximum absolute atomic E-state index is 11.9. The van der Waals surface area contributed by atoms with E-state index in [1.807, 2.05) is 51.1 Å².